The molecule has 102 valence electrons. The van der Waals surface area contributed by atoms with Gasteiger partial charge in [-0.2, -0.15) is 0 Å². The lowest BCUT2D eigenvalue weighted by molar-refractivity contribution is -0.113. The third-order valence-corrected chi connectivity index (χ3v) is 4.18. The van der Waals surface area contributed by atoms with Gasteiger partial charge in [0.1, 0.15) is 6.26 Å². The maximum atomic E-state index is 11.8. The Bertz CT molecular complexity index is 739. The van der Waals surface area contributed by atoms with Gasteiger partial charge in [-0.15, -0.1) is 0 Å². The molecule has 1 amide bonds. The fraction of sp³-hybridized carbons (Fsp3) is 0.0833. The van der Waals surface area contributed by atoms with Crippen molar-refractivity contribution in [2.24, 2.45) is 0 Å². The molecule has 0 unspecified atom stereocenters. The van der Waals surface area contributed by atoms with Crippen molar-refractivity contribution in [2.75, 3.05) is 16.8 Å². The first-order valence-corrected chi connectivity index (χ1v) is 7.49. The van der Waals surface area contributed by atoms with Crippen LogP contribution in [0.4, 0.5) is 10.8 Å². The molecule has 1 aromatic carbocycles. The fourth-order valence-corrected chi connectivity index (χ4v) is 3.08. The van der Waals surface area contributed by atoms with E-state index >= 15 is 0 Å². The van der Waals surface area contributed by atoms with Gasteiger partial charge in [-0.1, -0.05) is 23.1 Å². The van der Waals surface area contributed by atoms with Crippen molar-refractivity contribution < 1.29 is 9.21 Å². The van der Waals surface area contributed by atoms with Crippen LogP contribution in [0.25, 0.3) is 10.2 Å². The van der Waals surface area contributed by atoms with E-state index in [1.165, 1.54) is 35.6 Å². The molecule has 0 aliphatic rings. The number of carbonyl (C=O) groups excluding carboxylic acids is 1. The molecule has 0 fully saturated rings. The monoisotopic (exact) mass is 306 g/mol. The smallest absolute Gasteiger partial charge is 0.256 e. The Kier molecular flexibility index (Phi) is 3.57. The highest BCUT2D eigenvalue weighted by molar-refractivity contribution is 7.99. The van der Waals surface area contributed by atoms with Crippen LogP contribution in [0.3, 0.4) is 0 Å². The van der Waals surface area contributed by atoms with E-state index in [4.69, 9.17) is 10.2 Å². The molecule has 0 bridgehead atoms. The highest BCUT2D eigenvalue weighted by Crippen LogP contribution is 2.27. The second-order valence-electron chi connectivity index (χ2n) is 3.88. The van der Waals surface area contributed by atoms with Crippen molar-refractivity contribution in [3.63, 3.8) is 0 Å². The summed E-state index contributed by atoms with van der Waals surface area (Å²) in [4.78, 5) is 20.0. The zero-order valence-corrected chi connectivity index (χ0v) is 11.8. The van der Waals surface area contributed by atoms with Gasteiger partial charge in [-0.25, -0.2) is 9.97 Å². The minimum absolute atomic E-state index is 0.153. The Morgan fingerprint density at radius 2 is 2.40 bits per heavy atom. The Labute approximate surface area is 122 Å². The number of nitrogens with one attached hydrogen (secondary N) is 1. The van der Waals surface area contributed by atoms with Crippen LogP contribution < -0.4 is 11.1 Å². The van der Waals surface area contributed by atoms with Crippen LogP contribution in [0.15, 0.2) is 40.3 Å². The lowest BCUT2D eigenvalue weighted by Gasteiger charge is -1.98. The topological polar surface area (TPSA) is 94.0 Å². The number of fused-ring (bicyclic) bond motifs is 1. The molecule has 8 heteroatoms. The summed E-state index contributed by atoms with van der Waals surface area (Å²) in [6, 6.07) is 5.45. The summed E-state index contributed by atoms with van der Waals surface area (Å²) in [7, 11) is 0. The number of amides is 1. The Morgan fingerprint density at radius 1 is 1.50 bits per heavy atom. The number of nitrogen functional groups attached to an aromatic ring is 1. The van der Waals surface area contributed by atoms with Crippen molar-refractivity contribution in [3.8, 4) is 0 Å². The van der Waals surface area contributed by atoms with Gasteiger partial charge in [0.15, 0.2) is 5.13 Å². The van der Waals surface area contributed by atoms with Crippen molar-refractivity contribution in [2.45, 2.75) is 5.22 Å². The van der Waals surface area contributed by atoms with Gasteiger partial charge in [0, 0.05) is 5.69 Å². The van der Waals surface area contributed by atoms with Gasteiger partial charge in [0.05, 0.1) is 22.2 Å². The zero-order chi connectivity index (χ0) is 13.9. The first-order chi connectivity index (χ1) is 9.70. The normalized spacial score (nSPS) is 10.8. The predicted molar refractivity (Wildman–Crippen MR) is 79.9 cm³/mol. The fourth-order valence-electron chi connectivity index (χ4n) is 1.56. The highest BCUT2D eigenvalue weighted by Gasteiger charge is 2.09. The van der Waals surface area contributed by atoms with Gasteiger partial charge in [-0.3, -0.25) is 4.79 Å². The quantitative estimate of drug-likeness (QED) is 0.568. The molecule has 0 aliphatic heterocycles. The molecular formula is C12H10N4O2S2. The number of nitrogens with zero attached hydrogens (tertiary/aromatic N) is 2. The van der Waals surface area contributed by atoms with E-state index in [2.05, 4.69) is 15.3 Å². The van der Waals surface area contributed by atoms with Gasteiger partial charge < -0.3 is 15.5 Å². The van der Waals surface area contributed by atoms with Crippen LogP contribution in [0.2, 0.25) is 0 Å². The van der Waals surface area contributed by atoms with E-state index in [0.29, 0.717) is 16.0 Å². The standard InChI is InChI=1S/C12H10N4O2S2/c13-7-1-2-8-9(5-7)20-11(15-8)16-10(17)6-19-12-14-3-4-18-12/h1-5H,6,13H2,(H,15,16,17). The predicted octanol–water partition coefficient (Wildman–Crippen LogP) is 2.60. The van der Waals surface area contributed by atoms with Gasteiger partial charge in [0.2, 0.25) is 5.91 Å². The molecular weight excluding hydrogens is 296 g/mol. The molecule has 6 nitrogen and oxygen atoms in total. The summed E-state index contributed by atoms with van der Waals surface area (Å²) in [5.41, 5.74) is 7.21. The number of hydrogen-bond donors (Lipinski definition) is 2. The molecule has 3 aromatic rings. The van der Waals surface area contributed by atoms with E-state index in [0.717, 1.165) is 10.2 Å². The highest BCUT2D eigenvalue weighted by atomic mass is 32.2. The molecule has 0 spiro atoms. The summed E-state index contributed by atoms with van der Waals surface area (Å²) in [5, 5.41) is 3.78. The summed E-state index contributed by atoms with van der Waals surface area (Å²) in [6.45, 7) is 0. The lowest BCUT2D eigenvalue weighted by atomic mass is 10.3. The van der Waals surface area contributed by atoms with E-state index in [9.17, 15) is 4.79 Å². The number of nitrogens with two attached hydrogens (primary N) is 1. The number of aromatic nitrogens is 2. The minimum Gasteiger partial charge on any atom is -0.440 e. The number of carbonyl (C=O) groups is 1. The molecule has 0 aliphatic carbocycles. The number of rotatable bonds is 4. The Morgan fingerprint density at radius 3 is 3.20 bits per heavy atom. The van der Waals surface area contributed by atoms with Crippen LogP contribution >= 0.6 is 23.1 Å². The molecule has 3 N–H and O–H groups in total. The molecule has 0 saturated heterocycles. The van der Waals surface area contributed by atoms with Crippen LogP contribution in [0.1, 0.15) is 0 Å². The first-order valence-electron chi connectivity index (χ1n) is 5.69. The van der Waals surface area contributed by atoms with Crippen LogP contribution in [-0.4, -0.2) is 21.6 Å². The SMILES string of the molecule is Nc1ccc2nc(NC(=O)CSc3ncco3)sc2c1. The Balaban J connectivity index is 1.65. The third kappa shape index (κ3) is 2.91. The Hall–Kier alpha value is -2.06. The van der Waals surface area contributed by atoms with E-state index in [1.54, 1.807) is 6.07 Å². The van der Waals surface area contributed by atoms with Gasteiger partial charge in [0.25, 0.3) is 5.22 Å². The van der Waals surface area contributed by atoms with Crippen molar-refractivity contribution in [1.29, 1.82) is 0 Å². The van der Waals surface area contributed by atoms with Crippen molar-refractivity contribution in [1.82, 2.24) is 9.97 Å². The summed E-state index contributed by atoms with van der Waals surface area (Å²) < 4.78 is 5.99. The van der Waals surface area contributed by atoms with Crippen LogP contribution in [0.5, 0.6) is 0 Å². The average molecular weight is 306 g/mol. The largest absolute Gasteiger partial charge is 0.440 e. The van der Waals surface area contributed by atoms with Crippen LogP contribution in [-0.2, 0) is 4.79 Å². The zero-order valence-electron chi connectivity index (χ0n) is 10.2. The van der Waals surface area contributed by atoms with E-state index in [1.807, 2.05) is 12.1 Å². The first kappa shape index (κ1) is 12.9. The number of oxazole rings is 1. The van der Waals surface area contributed by atoms with Gasteiger partial charge >= 0.3 is 0 Å². The second kappa shape index (κ2) is 5.51. The maximum absolute atomic E-state index is 11.8. The van der Waals surface area contributed by atoms with Gasteiger partial charge in [-0.05, 0) is 18.2 Å². The van der Waals surface area contributed by atoms with E-state index < -0.39 is 0 Å². The summed E-state index contributed by atoms with van der Waals surface area (Å²) in [6.07, 6.45) is 3.01. The molecule has 0 saturated carbocycles. The molecule has 2 heterocycles. The number of benzene rings is 1. The molecule has 20 heavy (non-hydrogen) atoms. The molecule has 2 aromatic heterocycles. The minimum atomic E-state index is -0.153. The second-order valence-corrected chi connectivity index (χ2v) is 5.84. The summed E-state index contributed by atoms with van der Waals surface area (Å²) in [5.74, 6) is 0.0682. The number of thiazole rings is 1. The molecule has 3 rings (SSSR count). The summed E-state index contributed by atoms with van der Waals surface area (Å²) >= 11 is 2.62. The maximum Gasteiger partial charge on any atom is 0.256 e. The number of anilines is 2. The number of thioether (sulfide) groups is 1. The van der Waals surface area contributed by atoms with E-state index in [-0.39, 0.29) is 11.7 Å². The van der Waals surface area contributed by atoms with Crippen LogP contribution in [0, 0.1) is 0 Å². The lowest BCUT2D eigenvalue weighted by Crippen LogP contribution is -2.13. The van der Waals surface area contributed by atoms with Crippen molar-refractivity contribution >= 4 is 50.0 Å². The number of hydrogen-bond acceptors (Lipinski definition) is 7. The average Bonchev–Trinajstić information content (AvgIpc) is 3.04. The molecule has 0 radical (unpaired) electrons. The van der Waals surface area contributed by atoms with Crippen molar-refractivity contribution in [3.05, 3.63) is 30.7 Å². The molecule has 0 atom stereocenters. The third-order valence-electron chi connectivity index (χ3n) is 2.40.